The molecule has 1 aliphatic rings. The topological polar surface area (TPSA) is 94.8 Å². The third-order valence-corrected chi connectivity index (χ3v) is 6.19. The van der Waals surface area contributed by atoms with Gasteiger partial charge in [-0.3, -0.25) is 0 Å². The van der Waals surface area contributed by atoms with Crippen molar-refractivity contribution in [3.8, 4) is 0 Å². The van der Waals surface area contributed by atoms with Crippen molar-refractivity contribution < 1.29 is 8.42 Å². The monoisotopic (exact) mass is 337 g/mol. The van der Waals surface area contributed by atoms with Crippen molar-refractivity contribution in [2.45, 2.75) is 62.8 Å². The number of benzene rings is 1. The van der Waals surface area contributed by atoms with Crippen LogP contribution in [0.25, 0.3) is 11.0 Å². The Morgan fingerprint density at radius 3 is 2.22 bits per heavy atom. The molecule has 1 aromatic heterocycles. The average molecular weight is 337 g/mol. The van der Waals surface area contributed by atoms with Crippen molar-refractivity contribution in [3.63, 3.8) is 0 Å². The molecule has 3 rings (SSSR count). The molecular weight excluding hydrogens is 314 g/mol. The minimum atomic E-state index is -3.59. The highest BCUT2D eigenvalue weighted by Gasteiger charge is 2.23. The van der Waals surface area contributed by atoms with Gasteiger partial charge in [-0.1, -0.05) is 32.1 Å². The number of hydrogen-bond acceptors (Lipinski definition) is 3. The lowest BCUT2D eigenvalue weighted by Crippen LogP contribution is -2.35. The number of sulfonamides is 1. The van der Waals surface area contributed by atoms with E-state index in [1.54, 1.807) is 13.0 Å². The molecule has 0 spiro atoms. The normalized spacial score (nSPS) is 18.0. The van der Waals surface area contributed by atoms with E-state index in [0.717, 1.165) is 25.7 Å². The Balaban J connectivity index is 1.89. The third kappa shape index (κ3) is 3.67. The SMILES string of the molecule is Cc1cc2[nH]c(=O)[nH]c2cc1S(=O)(=O)NC1CCCCCCC1. The first-order chi connectivity index (χ1) is 11.0. The molecule has 0 atom stereocenters. The molecule has 6 nitrogen and oxygen atoms in total. The number of imidazole rings is 1. The first-order valence-electron chi connectivity index (χ1n) is 8.21. The molecule has 0 amide bonds. The minimum absolute atomic E-state index is 0.000621. The number of fused-ring (bicyclic) bond motifs is 1. The van der Waals surface area contributed by atoms with Gasteiger partial charge in [0.05, 0.1) is 15.9 Å². The molecule has 1 aromatic carbocycles. The first-order valence-corrected chi connectivity index (χ1v) is 9.69. The Hall–Kier alpha value is -1.60. The molecule has 1 aliphatic carbocycles. The molecular formula is C16H23N3O3S. The summed E-state index contributed by atoms with van der Waals surface area (Å²) >= 11 is 0. The molecule has 0 saturated heterocycles. The highest BCUT2D eigenvalue weighted by molar-refractivity contribution is 7.89. The van der Waals surface area contributed by atoms with Crippen molar-refractivity contribution in [1.82, 2.24) is 14.7 Å². The molecule has 126 valence electrons. The largest absolute Gasteiger partial charge is 0.323 e. The Labute approximate surface area is 135 Å². The molecule has 7 heteroatoms. The fourth-order valence-corrected chi connectivity index (χ4v) is 4.87. The number of aromatic amines is 2. The maximum absolute atomic E-state index is 12.8. The van der Waals surface area contributed by atoms with E-state index >= 15 is 0 Å². The lowest BCUT2D eigenvalue weighted by atomic mass is 9.97. The molecule has 0 aliphatic heterocycles. The summed E-state index contributed by atoms with van der Waals surface area (Å²) in [7, 11) is -3.59. The fourth-order valence-electron chi connectivity index (χ4n) is 3.32. The van der Waals surface area contributed by atoms with Crippen LogP contribution in [-0.2, 0) is 10.0 Å². The van der Waals surface area contributed by atoms with E-state index in [9.17, 15) is 13.2 Å². The maximum Gasteiger partial charge on any atom is 0.323 e. The Bertz CT molecular complexity index is 843. The molecule has 0 bridgehead atoms. The Morgan fingerprint density at radius 2 is 1.57 bits per heavy atom. The van der Waals surface area contributed by atoms with E-state index < -0.39 is 10.0 Å². The van der Waals surface area contributed by atoms with Crippen LogP contribution in [0, 0.1) is 6.92 Å². The molecule has 3 N–H and O–H groups in total. The number of rotatable bonds is 3. The molecule has 2 aromatic rings. The summed E-state index contributed by atoms with van der Waals surface area (Å²) in [4.78, 5) is 16.9. The van der Waals surface area contributed by atoms with Crippen LogP contribution in [-0.4, -0.2) is 24.4 Å². The highest BCUT2D eigenvalue weighted by Crippen LogP contribution is 2.23. The van der Waals surface area contributed by atoms with Crippen LogP contribution in [0.4, 0.5) is 0 Å². The lowest BCUT2D eigenvalue weighted by molar-refractivity contribution is 0.426. The maximum atomic E-state index is 12.8. The van der Waals surface area contributed by atoms with Crippen molar-refractivity contribution >= 4 is 21.1 Å². The van der Waals surface area contributed by atoms with Crippen LogP contribution < -0.4 is 10.4 Å². The van der Waals surface area contributed by atoms with Crippen LogP contribution in [0.5, 0.6) is 0 Å². The van der Waals surface area contributed by atoms with Crippen molar-refractivity contribution in [1.29, 1.82) is 0 Å². The zero-order valence-corrected chi connectivity index (χ0v) is 14.1. The second-order valence-corrected chi connectivity index (χ2v) is 8.09. The van der Waals surface area contributed by atoms with Gasteiger partial charge >= 0.3 is 5.69 Å². The van der Waals surface area contributed by atoms with Crippen LogP contribution >= 0.6 is 0 Å². The molecule has 1 heterocycles. The number of nitrogens with one attached hydrogen (secondary N) is 3. The van der Waals surface area contributed by atoms with Gasteiger partial charge in [0, 0.05) is 6.04 Å². The summed E-state index contributed by atoms with van der Waals surface area (Å²) in [5.74, 6) is 0. The van der Waals surface area contributed by atoms with Gasteiger partial charge < -0.3 is 9.97 Å². The van der Waals surface area contributed by atoms with Gasteiger partial charge in [0.25, 0.3) is 0 Å². The van der Waals surface area contributed by atoms with Gasteiger partial charge in [0.1, 0.15) is 0 Å². The van der Waals surface area contributed by atoms with Crippen LogP contribution in [0.1, 0.15) is 50.5 Å². The first kappa shape index (κ1) is 16.3. The summed E-state index contributed by atoms with van der Waals surface area (Å²) in [6, 6.07) is 3.23. The van der Waals surface area contributed by atoms with Crippen LogP contribution in [0.15, 0.2) is 21.8 Å². The fraction of sp³-hybridized carbons (Fsp3) is 0.562. The van der Waals surface area contributed by atoms with Gasteiger partial charge in [-0.05, 0) is 37.5 Å². The standard InChI is InChI=1S/C16H23N3O3S/c1-11-9-13-14(18-16(20)17-13)10-15(11)23(21,22)19-12-7-5-3-2-4-6-8-12/h9-10,12,19H,2-8H2,1H3,(H2,17,18,20). The zero-order chi connectivity index (χ0) is 16.4. The second-order valence-electron chi connectivity index (χ2n) is 6.41. The van der Waals surface area contributed by atoms with Crippen molar-refractivity contribution in [2.75, 3.05) is 0 Å². The summed E-state index contributed by atoms with van der Waals surface area (Å²) in [6.07, 6.45) is 7.51. The van der Waals surface area contributed by atoms with Crippen molar-refractivity contribution in [3.05, 3.63) is 28.2 Å². The molecule has 0 radical (unpaired) electrons. The van der Waals surface area contributed by atoms with E-state index in [-0.39, 0.29) is 16.6 Å². The van der Waals surface area contributed by atoms with Crippen molar-refractivity contribution in [2.24, 2.45) is 0 Å². The predicted octanol–water partition coefficient (Wildman–Crippen LogP) is 2.56. The summed E-state index contributed by atoms with van der Waals surface area (Å²) in [5, 5.41) is 0. The van der Waals surface area contributed by atoms with Gasteiger partial charge in [0.15, 0.2) is 0 Å². The van der Waals surface area contributed by atoms with E-state index in [4.69, 9.17) is 0 Å². The summed E-state index contributed by atoms with van der Waals surface area (Å²) < 4.78 is 28.4. The third-order valence-electron chi connectivity index (χ3n) is 4.53. The van der Waals surface area contributed by atoms with E-state index in [1.807, 2.05) is 0 Å². The molecule has 23 heavy (non-hydrogen) atoms. The number of H-pyrrole nitrogens is 2. The van der Waals surface area contributed by atoms with Crippen LogP contribution in [0.2, 0.25) is 0 Å². The van der Waals surface area contributed by atoms with Gasteiger partial charge in [-0.2, -0.15) is 0 Å². The van der Waals surface area contributed by atoms with Crippen LogP contribution in [0.3, 0.4) is 0 Å². The second kappa shape index (κ2) is 6.49. The summed E-state index contributed by atoms with van der Waals surface area (Å²) in [5.41, 5.74) is 1.43. The lowest BCUT2D eigenvalue weighted by Gasteiger charge is -2.21. The Morgan fingerprint density at radius 1 is 1.00 bits per heavy atom. The quantitative estimate of drug-likeness (QED) is 0.803. The molecule has 1 fully saturated rings. The number of aryl methyl sites for hydroxylation is 1. The van der Waals surface area contributed by atoms with E-state index in [0.29, 0.717) is 16.6 Å². The summed E-state index contributed by atoms with van der Waals surface area (Å²) in [6.45, 7) is 1.75. The van der Waals surface area contributed by atoms with Gasteiger partial charge in [0.2, 0.25) is 10.0 Å². The van der Waals surface area contributed by atoms with E-state index in [2.05, 4.69) is 14.7 Å². The van der Waals surface area contributed by atoms with Gasteiger partial charge in [-0.25, -0.2) is 17.9 Å². The number of hydrogen-bond donors (Lipinski definition) is 3. The number of aromatic nitrogens is 2. The van der Waals surface area contributed by atoms with E-state index in [1.165, 1.54) is 25.3 Å². The Kier molecular flexibility index (Phi) is 4.59. The molecule has 0 unspecified atom stereocenters. The smallest absolute Gasteiger partial charge is 0.306 e. The zero-order valence-electron chi connectivity index (χ0n) is 13.3. The highest BCUT2D eigenvalue weighted by atomic mass is 32.2. The molecule has 1 saturated carbocycles. The predicted molar refractivity (Wildman–Crippen MR) is 90.1 cm³/mol. The van der Waals surface area contributed by atoms with Gasteiger partial charge in [-0.15, -0.1) is 0 Å². The minimum Gasteiger partial charge on any atom is -0.306 e. The average Bonchev–Trinajstić information content (AvgIpc) is 2.79.